The van der Waals surface area contributed by atoms with Gasteiger partial charge in [0.2, 0.25) is 0 Å². The highest BCUT2D eigenvalue weighted by Gasteiger charge is 2.18. The third-order valence-corrected chi connectivity index (χ3v) is 2.18. The number of hydrogen-bond acceptors (Lipinski definition) is 6. The van der Waals surface area contributed by atoms with Gasteiger partial charge in [0.1, 0.15) is 6.10 Å². The normalized spacial score (nSPS) is 12.3. The number of hydrogen-bond donors (Lipinski definition) is 3. The first kappa shape index (κ1) is 14.1. The number of nitrogens with zero attached hydrogens (tertiary/aromatic N) is 2. The van der Waals surface area contributed by atoms with E-state index in [4.69, 9.17) is 20.2 Å². The van der Waals surface area contributed by atoms with Crippen molar-refractivity contribution in [2.24, 2.45) is 0 Å². The molecule has 0 aliphatic rings. The summed E-state index contributed by atoms with van der Waals surface area (Å²) < 4.78 is 6.23. The lowest BCUT2D eigenvalue weighted by atomic mass is 10.3. The Morgan fingerprint density at radius 2 is 2.11 bits per heavy atom. The molecule has 98 valence electrons. The van der Waals surface area contributed by atoms with Gasteiger partial charge in [-0.2, -0.15) is 5.26 Å². The van der Waals surface area contributed by atoms with E-state index in [2.05, 4.69) is 0 Å². The predicted molar refractivity (Wildman–Crippen MR) is 59.6 cm³/mol. The van der Waals surface area contributed by atoms with Crippen molar-refractivity contribution < 1.29 is 14.9 Å². The molecule has 0 aliphatic heterocycles. The van der Waals surface area contributed by atoms with Gasteiger partial charge in [-0.1, -0.05) is 0 Å². The van der Waals surface area contributed by atoms with Crippen LogP contribution in [0.2, 0.25) is 0 Å². The van der Waals surface area contributed by atoms with Crippen LogP contribution in [0.3, 0.4) is 0 Å². The molecule has 0 bridgehead atoms. The molecule has 8 nitrogen and oxygen atoms in total. The number of aliphatic hydroxyl groups excluding tert-OH is 2. The maximum atomic E-state index is 11.5. The van der Waals surface area contributed by atoms with E-state index in [1.54, 1.807) is 0 Å². The van der Waals surface area contributed by atoms with Gasteiger partial charge in [0.15, 0.2) is 6.23 Å². The second-order valence-corrected chi connectivity index (χ2v) is 3.46. The summed E-state index contributed by atoms with van der Waals surface area (Å²) >= 11 is 0. The minimum Gasteiger partial charge on any atom is -0.394 e. The number of aliphatic hydroxyl groups is 2. The molecule has 1 rings (SSSR count). The van der Waals surface area contributed by atoms with Crippen LogP contribution in [0.15, 0.2) is 21.9 Å². The highest BCUT2D eigenvalue weighted by atomic mass is 16.5. The zero-order valence-corrected chi connectivity index (χ0v) is 9.44. The Morgan fingerprint density at radius 1 is 1.44 bits per heavy atom. The van der Waals surface area contributed by atoms with Crippen LogP contribution < -0.4 is 11.2 Å². The van der Waals surface area contributed by atoms with Crippen molar-refractivity contribution in [2.75, 3.05) is 13.2 Å². The summed E-state index contributed by atoms with van der Waals surface area (Å²) in [5.74, 6) is 0. The third kappa shape index (κ3) is 3.53. The van der Waals surface area contributed by atoms with Crippen LogP contribution >= 0.6 is 0 Å². The van der Waals surface area contributed by atoms with E-state index in [0.29, 0.717) is 0 Å². The predicted octanol–water partition coefficient (Wildman–Crippen LogP) is -1.68. The first-order valence-electron chi connectivity index (χ1n) is 5.18. The van der Waals surface area contributed by atoms with Crippen LogP contribution in [-0.4, -0.2) is 39.1 Å². The lowest BCUT2D eigenvalue weighted by molar-refractivity contribution is -0.0932. The molecule has 1 aromatic rings. The van der Waals surface area contributed by atoms with E-state index in [9.17, 15) is 9.59 Å². The van der Waals surface area contributed by atoms with Crippen LogP contribution in [0.4, 0.5) is 0 Å². The number of rotatable bonds is 6. The Bertz CT molecular complexity index is 525. The summed E-state index contributed by atoms with van der Waals surface area (Å²) in [6.45, 7) is -0.896. The van der Waals surface area contributed by atoms with Crippen molar-refractivity contribution in [2.45, 2.75) is 18.8 Å². The number of aromatic amines is 1. The van der Waals surface area contributed by atoms with Gasteiger partial charge in [-0.05, 0) is 0 Å². The monoisotopic (exact) mass is 255 g/mol. The Labute approximate surface area is 102 Å². The Balaban J connectivity index is 3.01. The van der Waals surface area contributed by atoms with E-state index >= 15 is 0 Å². The quantitative estimate of drug-likeness (QED) is 0.557. The lowest BCUT2D eigenvalue weighted by Gasteiger charge is -2.21. The minimum absolute atomic E-state index is 0.164. The summed E-state index contributed by atoms with van der Waals surface area (Å²) in [5.41, 5.74) is -1.29. The topological polar surface area (TPSA) is 128 Å². The largest absolute Gasteiger partial charge is 0.394 e. The van der Waals surface area contributed by atoms with Gasteiger partial charge in [-0.3, -0.25) is 14.3 Å². The van der Waals surface area contributed by atoms with Gasteiger partial charge in [0.25, 0.3) is 5.56 Å². The fourth-order valence-corrected chi connectivity index (χ4v) is 1.31. The number of ether oxygens (including phenoxy) is 1. The first-order chi connectivity index (χ1) is 8.62. The number of H-pyrrole nitrogens is 1. The molecule has 0 amide bonds. The molecule has 3 N–H and O–H groups in total. The lowest BCUT2D eigenvalue weighted by Crippen LogP contribution is -2.35. The van der Waals surface area contributed by atoms with Crippen LogP contribution in [0.5, 0.6) is 0 Å². The number of nitrogens with one attached hydrogen (secondary N) is 1. The highest BCUT2D eigenvalue weighted by Crippen LogP contribution is 2.12. The molecule has 1 atom stereocenters. The Kier molecular flexibility index (Phi) is 5.26. The average Bonchev–Trinajstić information content (AvgIpc) is 2.35. The van der Waals surface area contributed by atoms with E-state index < -0.39 is 36.8 Å². The molecule has 0 spiro atoms. The summed E-state index contributed by atoms with van der Waals surface area (Å²) in [6.07, 6.45) is -0.858. The SMILES string of the molecule is N#CC[C@@H](OC(CO)CO)n1ccc(=O)[nH]c1=O. The second kappa shape index (κ2) is 6.70. The van der Waals surface area contributed by atoms with E-state index in [-0.39, 0.29) is 6.42 Å². The second-order valence-electron chi connectivity index (χ2n) is 3.46. The summed E-state index contributed by atoms with van der Waals surface area (Å²) in [4.78, 5) is 24.4. The van der Waals surface area contributed by atoms with Gasteiger partial charge in [-0.25, -0.2) is 4.79 Å². The van der Waals surface area contributed by atoms with Gasteiger partial charge in [0.05, 0.1) is 25.7 Å². The summed E-state index contributed by atoms with van der Waals surface area (Å²) in [5, 5.41) is 26.4. The van der Waals surface area contributed by atoms with Crippen molar-refractivity contribution in [3.05, 3.63) is 33.1 Å². The molecule has 1 aromatic heterocycles. The zero-order chi connectivity index (χ0) is 13.5. The van der Waals surface area contributed by atoms with Crippen LogP contribution in [0.25, 0.3) is 0 Å². The highest BCUT2D eigenvalue weighted by molar-refractivity contribution is 4.86. The molecule has 0 unspecified atom stereocenters. The van der Waals surface area contributed by atoms with Crippen molar-refractivity contribution in [3.8, 4) is 6.07 Å². The number of nitriles is 1. The average molecular weight is 255 g/mol. The fraction of sp³-hybridized carbons (Fsp3) is 0.500. The fourth-order valence-electron chi connectivity index (χ4n) is 1.31. The summed E-state index contributed by atoms with van der Waals surface area (Å²) in [7, 11) is 0. The van der Waals surface area contributed by atoms with Crippen molar-refractivity contribution in [3.63, 3.8) is 0 Å². The van der Waals surface area contributed by atoms with Gasteiger partial charge in [0, 0.05) is 12.3 Å². The Morgan fingerprint density at radius 3 is 2.61 bits per heavy atom. The van der Waals surface area contributed by atoms with Crippen molar-refractivity contribution in [1.82, 2.24) is 9.55 Å². The standard InChI is InChI=1S/C10H13N3O5/c11-3-1-9(18-7(5-14)6-15)13-4-2-8(16)12-10(13)17/h2,4,7,9,14-15H,1,5-6H2,(H,12,16,17)/t9-/m1/s1. The molecule has 0 saturated heterocycles. The maximum absolute atomic E-state index is 11.5. The van der Waals surface area contributed by atoms with Crippen LogP contribution in [0.1, 0.15) is 12.6 Å². The van der Waals surface area contributed by atoms with E-state index in [0.717, 1.165) is 10.6 Å². The molecular weight excluding hydrogens is 242 g/mol. The third-order valence-electron chi connectivity index (χ3n) is 2.18. The molecule has 18 heavy (non-hydrogen) atoms. The van der Waals surface area contributed by atoms with Gasteiger partial charge < -0.3 is 14.9 Å². The van der Waals surface area contributed by atoms with Crippen LogP contribution in [0, 0.1) is 11.3 Å². The Hall–Kier alpha value is -1.95. The van der Waals surface area contributed by atoms with Gasteiger partial charge >= 0.3 is 5.69 Å². The molecule has 0 radical (unpaired) electrons. The minimum atomic E-state index is -0.983. The van der Waals surface area contributed by atoms with Crippen LogP contribution in [-0.2, 0) is 4.74 Å². The van der Waals surface area contributed by atoms with E-state index in [1.165, 1.54) is 6.20 Å². The van der Waals surface area contributed by atoms with E-state index in [1.807, 2.05) is 11.1 Å². The maximum Gasteiger partial charge on any atom is 0.330 e. The molecule has 0 aliphatic carbocycles. The number of aromatic nitrogens is 2. The zero-order valence-electron chi connectivity index (χ0n) is 9.44. The molecule has 1 heterocycles. The molecule has 0 saturated carbocycles. The summed E-state index contributed by atoms with van der Waals surface area (Å²) in [6, 6.07) is 2.93. The molecular formula is C10H13N3O5. The molecule has 8 heteroatoms. The van der Waals surface area contributed by atoms with Crippen molar-refractivity contribution >= 4 is 0 Å². The smallest absolute Gasteiger partial charge is 0.330 e. The molecule has 0 aromatic carbocycles. The first-order valence-corrected chi connectivity index (χ1v) is 5.18. The van der Waals surface area contributed by atoms with Gasteiger partial charge in [-0.15, -0.1) is 0 Å². The molecule has 0 fully saturated rings. The van der Waals surface area contributed by atoms with Crippen molar-refractivity contribution in [1.29, 1.82) is 5.26 Å².